The van der Waals surface area contributed by atoms with Crippen LogP contribution in [0.3, 0.4) is 0 Å². The largest absolute Gasteiger partial charge is 0.491 e. The lowest BCUT2D eigenvalue weighted by molar-refractivity contribution is 0.218. The van der Waals surface area contributed by atoms with Gasteiger partial charge in [0.1, 0.15) is 12.4 Å². The van der Waals surface area contributed by atoms with Crippen LogP contribution in [0.2, 0.25) is 10.0 Å². The summed E-state index contributed by atoms with van der Waals surface area (Å²) >= 11 is 11.9. The summed E-state index contributed by atoms with van der Waals surface area (Å²) < 4.78 is 5.68. The fourth-order valence-corrected chi connectivity index (χ4v) is 2.47. The van der Waals surface area contributed by atoms with Crippen LogP contribution in [-0.4, -0.2) is 44.2 Å². The highest BCUT2D eigenvalue weighted by Crippen LogP contribution is 2.27. The molecule has 100 valence electrons. The summed E-state index contributed by atoms with van der Waals surface area (Å²) in [6.07, 6.45) is 1.20. The Balaban J connectivity index is 1.77. The molecule has 1 N–H and O–H groups in total. The average Bonchev–Trinajstić information content (AvgIpc) is 2.60. The van der Waals surface area contributed by atoms with Crippen molar-refractivity contribution in [3.05, 3.63) is 28.2 Å². The van der Waals surface area contributed by atoms with Gasteiger partial charge in [0.2, 0.25) is 0 Å². The van der Waals surface area contributed by atoms with E-state index >= 15 is 0 Å². The minimum atomic E-state index is 0.569. The SMILES string of the molecule is Clc1ccc(OCCN2CCCNCC2)c(Cl)c1. The van der Waals surface area contributed by atoms with Gasteiger partial charge in [-0.25, -0.2) is 0 Å². The van der Waals surface area contributed by atoms with Crippen molar-refractivity contribution in [3.63, 3.8) is 0 Å². The maximum absolute atomic E-state index is 6.04. The second-order valence-corrected chi connectivity index (χ2v) is 5.21. The van der Waals surface area contributed by atoms with Crippen molar-refractivity contribution in [2.75, 3.05) is 39.3 Å². The van der Waals surface area contributed by atoms with Crippen LogP contribution < -0.4 is 10.1 Å². The highest BCUT2D eigenvalue weighted by atomic mass is 35.5. The summed E-state index contributed by atoms with van der Waals surface area (Å²) in [5, 5.41) is 4.58. The van der Waals surface area contributed by atoms with Crippen LogP contribution in [0.15, 0.2) is 18.2 Å². The zero-order valence-corrected chi connectivity index (χ0v) is 11.8. The molecule has 0 amide bonds. The van der Waals surface area contributed by atoms with Gasteiger partial charge in [0, 0.05) is 24.7 Å². The van der Waals surface area contributed by atoms with Gasteiger partial charge in [0.15, 0.2) is 0 Å². The summed E-state index contributed by atoms with van der Waals surface area (Å²) in [6, 6.07) is 5.31. The molecule has 0 aliphatic carbocycles. The lowest BCUT2D eigenvalue weighted by Crippen LogP contribution is -2.31. The van der Waals surface area contributed by atoms with Crippen molar-refractivity contribution in [1.82, 2.24) is 10.2 Å². The van der Waals surface area contributed by atoms with E-state index in [2.05, 4.69) is 10.2 Å². The molecule has 0 aromatic heterocycles. The monoisotopic (exact) mass is 288 g/mol. The van der Waals surface area contributed by atoms with Crippen molar-refractivity contribution in [2.45, 2.75) is 6.42 Å². The van der Waals surface area contributed by atoms with Gasteiger partial charge in [-0.15, -0.1) is 0 Å². The van der Waals surface area contributed by atoms with E-state index in [1.165, 1.54) is 6.42 Å². The molecule has 1 aromatic rings. The van der Waals surface area contributed by atoms with Crippen LogP contribution in [0, 0.1) is 0 Å². The van der Waals surface area contributed by atoms with E-state index in [9.17, 15) is 0 Å². The number of nitrogens with zero attached hydrogens (tertiary/aromatic N) is 1. The quantitative estimate of drug-likeness (QED) is 0.922. The Morgan fingerprint density at radius 1 is 1.22 bits per heavy atom. The summed E-state index contributed by atoms with van der Waals surface area (Å²) in [5.41, 5.74) is 0. The minimum Gasteiger partial charge on any atom is -0.491 e. The molecule has 0 atom stereocenters. The summed E-state index contributed by atoms with van der Waals surface area (Å²) in [4.78, 5) is 2.41. The molecular formula is C13H18Cl2N2O. The second kappa shape index (κ2) is 7.19. The fraction of sp³-hybridized carbons (Fsp3) is 0.538. The van der Waals surface area contributed by atoms with Crippen molar-refractivity contribution in [1.29, 1.82) is 0 Å². The van der Waals surface area contributed by atoms with Crippen LogP contribution >= 0.6 is 23.2 Å². The Morgan fingerprint density at radius 2 is 2.11 bits per heavy atom. The lowest BCUT2D eigenvalue weighted by Gasteiger charge is -2.19. The smallest absolute Gasteiger partial charge is 0.138 e. The topological polar surface area (TPSA) is 24.5 Å². The van der Waals surface area contributed by atoms with E-state index in [-0.39, 0.29) is 0 Å². The number of hydrogen-bond donors (Lipinski definition) is 1. The lowest BCUT2D eigenvalue weighted by atomic mass is 10.3. The van der Waals surface area contributed by atoms with Crippen LogP contribution in [0.4, 0.5) is 0 Å². The third kappa shape index (κ3) is 4.32. The van der Waals surface area contributed by atoms with E-state index < -0.39 is 0 Å². The number of hydrogen-bond acceptors (Lipinski definition) is 3. The Hall–Kier alpha value is -0.480. The molecule has 1 fully saturated rings. The molecule has 2 rings (SSSR count). The van der Waals surface area contributed by atoms with E-state index in [0.29, 0.717) is 22.4 Å². The third-order valence-electron chi connectivity index (χ3n) is 2.99. The van der Waals surface area contributed by atoms with E-state index in [1.54, 1.807) is 12.1 Å². The maximum atomic E-state index is 6.04. The molecule has 0 spiro atoms. The molecule has 3 nitrogen and oxygen atoms in total. The Labute approximate surface area is 118 Å². The van der Waals surface area contributed by atoms with Gasteiger partial charge in [-0.2, -0.15) is 0 Å². The van der Waals surface area contributed by atoms with Gasteiger partial charge in [0.25, 0.3) is 0 Å². The van der Waals surface area contributed by atoms with Crippen molar-refractivity contribution < 1.29 is 4.74 Å². The average molecular weight is 289 g/mol. The van der Waals surface area contributed by atoms with E-state index in [1.807, 2.05) is 6.07 Å². The van der Waals surface area contributed by atoms with Crippen molar-refractivity contribution in [2.24, 2.45) is 0 Å². The normalized spacial score (nSPS) is 17.4. The van der Waals surface area contributed by atoms with E-state index in [4.69, 9.17) is 27.9 Å². The zero-order valence-electron chi connectivity index (χ0n) is 10.3. The first-order valence-corrected chi connectivity index (χ1v) is 7.02. The second-order valence-electron chi connectivity index (χ2n) is 4.37. The van der Waals surface area contributed by atoms with Gasteiger partial charge in [-0.3, -0.25) is 4.90 Å². The molecule has 0 radical (unpaired) electrons. The predicted molar refractivity (Wildman–Crippen MR) is 75.9 cm³/mol. The van der Waals surface area contributed by atoms with Gasteiger partial charge in [0.05, 0.1) is 5.02 Å². The third-order valence-corrected chi connectivity index (χ3v) is 3.52. The number of benzene rings is 1. The molecule has 0 unspecified atom stereocenters. The molecule has 5 heteroatoms. The molecule has 0 bridgehead atoms. The number of ether oxygens (including phenoxy) is 1. The number of rotatable bonds is 4. The summed E-state index contributed by atoms with van der Waals surface area (Å²) in [5.74, 6) is 0.703. The molecule has 1 aromatic carbocycles. The number of halogens is 2. The fourth-order valence-electron chi connectivity index (χ4n) is 2.00. The first kappa shape index (κ1) is 13.9. The Morgan fingerprint density at radius 3 is 2.94 bits per heavy atom. The minimum absolute atomic E-state index is 0.569. The first-order valence-electron chi connectivity index (χ1n) is 6.26. The van der Waals surface area contributed by atoms with Gasteiger partial charge in [-0.05, 0) is 37.7 Å². The molecule has 1 saturated heterocycles. The Bertz CT molecular complexity index is 379. The molecule has 18 heavy (non-hydrogen) atoms. The van der Waals surface area contributed by atoms with Gasteiger partial charge < -0.3 is 10.1 Å². The van der Waals surface area contributed by atoms with Gasteiger partial charge >= 0.3 is 0 Å². The summed E-state index contributed by atoms with van der Waals surface area (Å²) in [7, 11) is 0. The zero-order chi connectivity index (χ0) is 12.8. The molecule has 0 saturated carbocycles. The predicted octanol–water partition coefficient (Wildman–Crippen LogP) is 2.67. The standard InChI is InChI=1S/C13H18Cl2N2O/c14-11-2-3-13(12(15)10-11)18-9-8-17-6-1-4-16-5-7-17/h2-3,10,16H,1,4-9H2. The molecular weight excluding hydrogens is 271 g/mol. The number of nitrogens with one attached hydrogen (secondary N) is 1. The maximum Gasteiger partial charge on any atom is 0.138 e. The van der Waals surface area contributed by atoms with Crippen LogP contribution in [-0.2, 0) is 0 Å². The first-order chi connectivity index (χ1) is 8.75. The highest BCUT2D eigenvalue weighted by Gasteiger charge is 2.08. The van der Waals surface area contributed by atoms with Crippen LogP contribution in [0.25, 0.3) is 0 Å². The molecule has 1 heterocycles. The van der Waals surface area contributed by atoms with Crippen molar-refractivity contribution in [3.8, 4) is 5.75 Å². The van der Waals surface area contributed by atoms with Gasteiger partial charge in [-0.1, -0.05) is 23.2 Å². The highest BCUT2D eigenvalue weighted by molar-refractivity contribution is 6.35. The van der Waals surface area contributed by atoms with Crippen LogP contribution in [0.1, 0.15) is 6.42 Å². The molecule has 1 aliphatic heterocycles. The van der Waals surface area contributed by atoms with Crippen LogP contribution in [0.5, 0.6) is 5.75 Å². The summed E-state index contributed by atoms with van der Waals surface area (Å²) in [6.45, 7) is 5.96. The van der Waals surface area contributed by atoms with Crippen molar-refractivity contribution >= 4 is 23.2 Å². The molecule has 1 aliphatic rings. The van der Waals surface area contributed by atoms with E-state index in [0.717, 1.165) is 32.7 Å². The Kier molecular flexibility index (Phi) is 5.57.